The Labute approximate surface area is 239 Å². The van der Waals surface area contributed by atoms with Gasteiger partial charge in [0.15, 0.2) is 18.1 Å². The number of hydrogen-bond donors (Lipinski definition) is 1. The Hall–Kier alpha value is -5.11. The van der Waals surface area contributed by atoms with E-state index in [0.717, 1.165) is 17.5 Å². The van der Waals surface area contributed by atoms with Crippen LogP contribution < -0.4 is 24.4 Å². The molecule has 0 saturated carbocycles. The highest BCUT2D eigenvalue weighted by Crippen LogP contribution is 2.29. The molecule has 0 radical (unpaired) electrons. The first-order valence-electron chi connectivity index (χ1n) is 13.4. The Balaban J connectivity index is 1.29. The number of ether oxygens (including phenoxy) is 4. The Morgan fingerprint density at radius 3 is 2.15 bits per heavy atom. The lowest BCUT2D eigenvalue weighted by Crippen LogP contribution is -2.24. The number of carbonyl (C=O) groups excluding carboxylic acids is 2. The summed E-state index contributed by atoms with van der Waals surface area (Å²) in [4.78, 5) is 24.9. The predicted octanol–water partition coefficient (Wildman–Crippen LogP) is 6.29. The number of carbonyl (C=O) groups is 2. The molecule has 0 fully saturated rings. The van der Waals surface area contributed by atoms with Crippen molar-refractivity contribution >= 4 is 18.1 Å². The third-order valence-corrected chi connectivity index (χ3v) is 5.77. The van der Waals surface area contributed by atoms with E-state index < -0.39 is 11.9 Å². The van der Waals surface area contributed by atoms with Gasteiger partial charge in [-0.1, -0.05) is 49.4 Å². The fourth-order valence-electron chi connectivity index (χ4n) is 3.76. The van der Waals surface area contributed by atoms with Crippen LogP contribution in [-0.2, 0) is 4.79 Å². The van der Waals surface area contributed by atoms with Crippen molar-refractivity contribution in [2.24, 2.45) is 5.10 Å². The second-order valence-corrected chi connectivity index (χ2v) is 8.87. The van der Waals surface area contributed by atoms with Crippen LogP contribution in [0.4, 0.5) is 0 Å². The van der Waals surface area contributed by atoms with E-state index in [1.54, 1.807) is 42.5 Å². The summed E-state index contributed by atoms with van der Waals surface area (Å²) in [5.74, 6) is 0.998. The number of nitrogens with zero attached hydrogens (tertiary/aromatic N) is 1. The molecule has 1 N–H and O–H groups in total. The largest absolute Gasteiger partial charge is 0.494 e. The highest BCUT2D eigenvalue weighted by atomic mass is 16.6. The summed E-state index contributed by atoms with van der Waals surface area (Å²) in [7, 11) is 0. The summed E-state index contributed by atoms with van der Waals surface area (Å²) >= 11 is 0. The SMILES string of the molecule is CCCOc1ccc(C(=O)Oc2ccc(/C=N\NC(=O)COc3ccc(-c4ccccc4)cc3)cc2OCC)cc1. The standard InChI is InChI=1S/C33H32N2O6/c1-3-20-39-28-17-13-27(14-18-28)33(37)41-30-19-10-24(21-31(30)38-4-2)22-34-35-32(36)23-40-29-15-11-26(12-16-29)25-8-6-5-7-9-25/h5-19,21-22H,3-4,20,23H2,1-2H3,(H,35,36)/b34-22-. The van der Waals surface area contributed by atoms with Crippen LogP contribution >= 0.6 is 0 Å². The summed E-state index contributed by atoms with van der Waals surface area (Å²) in [6.45, 7) is 4.65. The Morgan fingerprint density at radius 2 is 1.44 bits per heavy atom. The molecule has 0 heterocycles. The molecule has 0 atom stereocenters. The number of nitrogens with one attached hydrogen (secondary N) is 1. The molecule has 0 bridgehead atoms. The van der Waals surface area contributed by atoms with Gasteiger partial charge in [0.1, 0.15) is 11.5 Å². The first kappa shape index (κ1) is 28.9. The van der Waals surface area contributed by atoms with E-state index in [-0.39, 0.29) is 12.4 Å². The van der Waals surface area contributed by atoms with E-state index in [1.165, 1.54) is 6.21 Å². The summed E-state index contributed by atoms with van der Waals surface area (Å²) in [5.41, 5.74) is 5.64. The van der Waals surface area contributed by atoms with Crippen molar-refractivity contribution in [3.63, 3.8) is 0 Å². The minimum absolute atomic E-state index is 0.188. The van der Waals surface area contributed by atoms with Crippen molar-refractivity contribution in [1.29, 1.82) is 0 Å². The maximum Gasteiger partial charge on any atom is 0.343 e. The van der Waals surface area contributed by atoms with E-state index in [1.807, 2.05) is 68.4 Å². The highest BCUT2D eigenvalue weighted by Gasteiger charge is 2.14. The minimum Gasteiger partial charge on any atom is -0.494 e. The summed E-state index contributed by atoms with van der Waals surface area (Å²) < 4.78 is 22.4. The molecule has 1 amide bonds. The van der Waals surface area contributed by atoms with Crippen molar-refractivity contribution < 1.29 is 28.5 Å². The lowest BCUT2D eigenvalue weighted by atomic mass is 10.1. The van der Waals surface area contributed by atoms with Crippen molar-refractivity contribution in [3.8, 4) is 34.1 Å². The molecule has 0 aromatic heterocycles. The monoisotopic (exact) mass is 552 g/mol. The van der Waals surface area contributed by atoms with Crippen LogP contribution in [0.15, 0.2) is 102 Å². The summed E-state index contributed by atoms with van der Waals surface area (Å²) in [6.07, 6.45) is 2.37. The molecule has 0 saturated heterocycles. The molecule has 0 aliphatic heterocycles. The second-order valence-electron chi connectivity index (χ2n) is 8.87. The molecule has 8 heteroatoms. The third kappa shape index (κ3) is 8.69. The number of esters is 1. The zero-order valence-electron chi connectivity index (χ0n) is 23.0. The van der Waals surface area contributed by atoms with Crippen molar-refractivity contribution in [3.05, 3.63) is 108 Å². The van der Waals surface area contributed by atoms with E-state index >= 15 is 0 Å². The molecular weight excluding hydrogens is 520 g/mol. The van der Waals surface area contributed by atoms with Gasteiger partial charge in [-0.2, -0.15) is 5.10 Å². The molecular formula is C33H32N2O6. The topological polar surface area (TPSA) is 95.5 Å². The van der Waals surface area contributed by atoms with Gasteiger partial charge < -0.3 is 18.9 Å². The quantitative estimate of drug-likeness (QED) is 0.0907. The second kappa shape index (κ2) is 14.9. The van der Waals surface area contributed by atoms with Crippen LogP contribution in [0.1, 0.15) is 36.2 Å². The summed E-state index contributed by atoms with van der Waals surface area (Å²) in [6, 6.07) is 29.3. The Bertz CT molecular complexity index is 1450. The smallest absolute Gasteiger partial charge is 0.343 e. The van der Waals surface area contributed by atoms with Gasteiger partial charge in [0.25, 0.3) is 5.91 Å². The molecule has 210 valence electrons. The van der Waals surface area contributed by atoms with Crippen molar-refractivity contribution in [2.45, 2.75) is 20.3 Å². The lowest BCUT2D eigenvalue weighted by molar-refractivity contribution is -0.123. The zero-order chi connectivity index (χ0) is 28.9. The fourth-order valence-corrected chi connectivity index (χ4v) is 3.76. The van der Waals surface area contributed by atoms with Crippen molar-refractivity contribution in [2.75, 3.05) is 19.8 Å². The molecule has 0 aliphatic carbocycles. The number of hydrogen-bond acceptors (Lipinski definition) is 7. The Morgan fingerprint density at radius 1 is 0.756 bits per heavy atom. The van der Waals surface area contributed by atoms with Gasteiger partial charge >= 0.3 is 5.97 Å². The molecule has 4 rings (SSSR count). The Kier molecular flexibility index (Phi) is 10.5. The van der Waals surface area contributed by atoms with Crippen LogP contribution in [0.25, 0.3) is 11.1 Å². The highest BCUT2D eigenvalue weighted by molar-refractivity contribution is 5.92. The molecule has 0 aliphatic rings. The molecule has 4 aromatic carbocycles. The molecule has 0 spiro atoms. The van der Waals surface area contributed by atoms with Crippen LogP contribution in [0.2, 0.25) is 0 Å². The maximum absolute atomic E-state index is 12.7. The average Bonchev–Trinajstić information content (AvgIpc) is 3.01. The fraction of sp³-hybridized carbons (Fsp3) is 0.182. The van der Waals surface area contributed by atoms with Gasteiger partial charge in [-0.05, 0) is 84.6 Å². The maximum atomic E-state index is 12.7. The lowest BCUT2D eigenvalue weighted by Gasteiger charge is -2.12. The van der Waals surface area contributed by atoms with E-state index in [0.29, 0.717) is 41.6 Å². The van der Waals surface area contributed by atoms with Crippen LogP contribution in [0, 0.1) is 0 Å². The van der Waals surface area contributed by atoms with Crippen LogP contribution in [0.3, 0.4) is 0 Å². The van der Waals surface area contributed by atoms with Gasteiger partial charge in [0.2, 0.25) is 0 Å². The predicted molar refractivity (Wildman–Crippen MR) is 158 cm³/mol. The normalized spacial score (nSPS) is 10.7. The van der Waals surface area contributed by atoms with Crippen molar-refractivity contribution in [1.82, 2.24) is 5.43 Å². The first-order chi connectivity index (χ1) is 20.1. The van der Waals surface area contributed by atoms with Gasteiger partial charge in [-0.3, -0.25) is 4.79 Å². The zero-order valence-corrected chi connectivity index (χ0v) is 23.0. The number of amides is 1. The van der Waals surface area contributed by atoms with E-state index in [9.17, 15) is 9.59 Å². The van der Waals surface area contributed by atoms with Gasteiger partial charge in [0, 0.05) is 0 Å². The van der Waals surface area contributed by atoms with Gasteiger partial charge in [0.05, 0.1) is 25.0 Å². The van der Waals surface area contributed by atoms with E-state index in [4.69, 9.17) is 18.9 Å². The summed E-state index contributed by atoms with van der Waals surface area (Å²) in [5, 5.41) is 4.00. The van der Waals surface area contributed by atoms with Crippen LogP contribution in [0.5, 0.6) is 23.0 Å². The van der Waals surface area contributed by atoms with Gasteiger partial charge in [-0.25, -0.2) is 10.2 Å². The average molecular weight is 553 g/mol. The third-order valence-electron chi connectivity index (χ3n) is 5.77. The molecule has 4 aromatic rings. The number of benzene rings is 4. The van der Waals surface area contributed by atoms with Crippen LogP contribution in [-0.4, -0.2) is 37.9 Å². The van der Waals surface area contributed by atoms with E-state index in [2.05, 4.69) is 10.5 Å². The molecule has 0 unspecified atom stereocenters. The number of hydrazone groups is 1. The minimum atomic E-state index is -0.517. The first-order valence-corrected chi connectivity index (χ1v) is 13.4. The molecule has 41 heavy (non-hydrogen) atoms. The van der Waals surface area contributed by atoms with Gasteiger partial charge in [-0.15, -0.1) is 0 Å². The molecule has 8 nitrogen and oxygen atoms in total. The number of rotatable bonds is 13.